The summed E-state index contributed by atoms with van der Waals surface area (Å²) in [5.74, 6) is 0.956. The van der Waals surface area contributed by atoms with Crippen molar-refractivity contribution in [2.45, 2.75) is 25.7 Å². The van der Waals surface area contributed by atoms with E-state index in [1.807, 2.05) is 0 Å². The van der Waals surface area contributed by atoms with Gasteiger partial charge in [-0.05, 0) is 44.4 Å². The lowest BCUT2D eigenvalue weighted by Crippen LogP contribution is -2.15. The molecule has 0 aromatic heterocycles. The lowest BCUT2D eigenvalue weighted by atomic mass is 9.84. The maximum atomic E-state index is 8.74. The van der Waals surface area contributed by atoms with Crippen molar-refractivity contribution >= 4 is 0 Å². The Kier molecular flexibility index (Phi) is 2.52. The van der Waals surface area contributed by atoms with Crippen LogP contribution in [0.5, 0.6) is 0 Å². The van der Waals surface area contributed by atoms with Gasteiger partial charge in [-0.1, -0.05) is 0 Å². The second kappa shape index (κ2) is 3.21. The molecule has 1 heteroatoms. The fourth-order valence-corrected chi connectivity index (χ4v) is 1.37. The zero-order valence-electron chi connectivity index (χ0n) is 5.71. The summed E-state index contributed by atoms with van der Waals surface area (Å²) in [5.41, 5.74) is 0. The smallest absolute Gasteiger partial charge is 0.0459 e. The van der Waals surface area contributed by atoms with E-state index in [0.29, 0.717) is 18.4 Å². The van der Waals surface area contributed by atoms with Gasteiger partial charge in [-0.3, -0.25) is 0 Å². The molecular weight excluding hydrogens is 112 g/mol. The first-order valence-electron chi connectivity index (χ1n) is 3.69. The highest BCUT2D eigenvalue weighted by molar-refractivity contribution is 4.72. The summed E-state index contributed by atoms with van der Waals surface area (Å²) < 4.78 is 0. The fraction of sp³-hybridized carbons (Fsp3) is 0.875. The third-order valence-electron chi connectivity index (χ3n) is 2.15. The quantitative estimate of drug-likeness (QED) is 0.564. The highest BCUT2D eigenvalue weighted by Gasteiger charge is 2.16. The average molecular weight is 126 g/mol. The SMILES string of the molecule is [CH]C1CCC(CO)CC1. The molecule has 1 aliphatic carbocycles. The molecule has 52 valence electrons. The summed E-state index contributed by atoms with van der Waals surface area (Å²) in [6.45, 7) is 6.02. The van der Waals surface area contributed by atoms with Crippen LogP contribution in [0.1, 0.15) is 25.7 Å². The van der Waals surface area contributed by atoms with Gasteiger partial charge in [0.25, 0.3) is 0 Å². The molecular formula is C8H14O. The first kappa shape index (κ1) is 7.07. The van der Waals surface area contributed by atoms with Gasteiger partial charge in [-0.25, -0.2) is 0 Å². The molecule has 0 aliphatic heterocycles. The molecule has 0 aromatic rings. The van der Waals surface area contributed by atoms with Crippen LogP contribution in [0.2, 0.25) is 0 Å². The second-order valence-corrected chi connectivity index (χ2v) is 2.96. The molecule has 0 saturated heterocycles. The van der Waals surface area contributed by atoms with E-state index in [9.17, 15) is 0 Å². The Hall–Kier alpha value is -0.0400. The van der Waals surface area contributed by atoms with Gasteiger partial charge in [0, 0.05) is 6.61 Å². The van der Waals surface area contributed by atoms with E-state index in [0.717, 1.165) is 25.7 Å². The van der Waals surface area contributed by atoms with Gasteiger partial charge < -0.3 is 5.11 Å². The summed E-state index contributed by atoms with van der Waals surface area (Å²) in [6, 6.07) is 0. The van der Waals surface area contributed by atoms with E-state index in [2.05, 4.69) is 0 Å². The molecule has 1 rings (SSSR count). The molecule has 0 heterocycles. The second-order valence-electron chi connectivity index (χ2n) is 2.96. The number of aliphatic hydroxyl groups is 1. The Morgan fingerprint density at radius 2 is 1.78 bits per heavy atom. The minimum Gasteiger partial charge on any atom is -0.396 e. The van der Waals surface area contributed by atoms with Crippen LogP contribution in [0.4, 0.5) is 0 Å². The third kappa shape index (κ3) is 1.98. The van der Waals surface area contributed by atoms with Gasteiger partial charge in [-0.15, -0.1) is 0 Å². The molecule has 0 atom stereocenters. The average Bonchev–Trinajstić information content (AvgIpc) is 1.90. The predicted molar refractivity (Wildman–Crippen MR) is 36.8 cm³/mol. The Bertz CT molecular complexity index is 72.6. The highest BCUT2D eigenvalue weighted by Crippen LogP contribution is 2.27. The molecule has 0 aromatic carbocycles. The minimum absolute atomic E-state index is 0.354. The van der Waals surface area contributed by atoms with Gasteiger partial charge in [0.15, 0.2) is 0 Å². The maximum Gasteiger partial charge on any atom is 0.0459 e. The predicted octanol–water partition coefficient (Wildman–Crippen LogP) is 1.50. The Morgan fingerprint density at radius 1 is 1.22 bits per heavy atom. The van der Waals surface area contributed by atoms with Crippen LogP contribution in [0.15, 0.2) is 0 Å². The number of hydrogen-bond acceptors (Lipinski definition) is 1. The minimum atomic E-state index is 0.354. The van der Waals surface area contributed by atoms with Gasteiger partial charge >= 0.3 is 0 Å². The third-order valence-corrected chi connectivity index (χ3v) is 2.15. The van der Waals surface area contributed by atoms with Gasteiger partial charge in [0.05, 0.1) is 0 Å². The van der Waals surface area contributed by atoms with E-state index in [-0.39, 0.29) is 0 Å². The maximum absolute atomic E-state index is 8.74. The number of aliphatic hydroxyl groups excluding tert-OH is 1. The molecule has 0 bridgehead atoms. The molecule has 1 nitrogen and oxygen atoms in total. The van der Waals surface area contributed by atoms with Crippen molar-refractivity contribution in [1.82, 2.24) is 0 Å². The Morgan fingerprint density at radius 3 is 2.22 bits per heavy atom. The van der Waals surface area contributed by atoms with Crippen LogP contribution in [0, 0.1) is 18.8 Å². The zero-order chi connectivity index (χ0) is 6.69. The van der Waals surface area contributed by atoms with Crippen LogP contribution >= 0.6 is 0 Å². The van der Waals surface area contributed by atoms with Crippen molar-refractivity contribution in [3.63, 3.8) is 0 Å². The lowest BCUT2D eigenvalue weighted by molar-refractivity contribution is 0.177. The Balaban J connectivity index is 2.18. The van der Waals surface area contributed by atoms with Crippen molar-refractivity contribution in [1.29, 1.82) is 0 Å². The number of rotatable bonds is 1. The zero-order valence-corrected chi connectivity index (χ0v) is 5.71. The topological polar surface area (TPSA) is 20.2 Å². The molecule has 1 aliphatic rings. The molecule has 1 fully saturated rings. The van der Waals surface area contributed by atoms with Gasteiger partial charge in [0.2, 0.25) is 0 Å². The first-order valence-corrected chi connectivity index (χ1v) is 3.69. The van der Waals surface area contributed by atoms with Crippen LogP contribution in [0.25, 0.3) is 0 Å². The monoisotopic (exact) mass is 126 g/mol. The van der Waals surface area contributed by atoms with Gasteiger partial charge in [-0.2, -0.15) is 0 Å². The van der Waals surface area contributed by atoms with Crippen LogP contribution < -0.4 is 0 Å². The van der Waals surface area contributed by atoms with Crippen LogP contribution in [-0.2, 0) is 0 Å². The van der Waals surface area contributed by atoms with E-state index >= 15 is 0 Å². The van der Waals surface area contributed by atoms with E-state index in [1.165, 1.54) is 0 Å². The molecule has 2 radical (unpaired) electrons. The van der Waals surface area contributed by atoms with Crippen molar-refractivity contribution in [2.75, 3.05) is 6.61 Å². The Labute approximate surface area is 57.1 Å². The van der Waals surface area contributed by atoms with E-state index < -0.39 is 0 Å². The molecule has 0 spiro atoms. The summed E-state index contributed by atoms with van der Waals surface area (Å²) in [7, 11) is 0. The molecule has 9 heavy (non-hydrogen) atoms. The van der Waals surface area contributed by atoms with Gasteiger partial charge in [0.1, 0.15) is 0 Å². The first-order chi connectivity index (χ1) is 4.33. The largest absolute Gasteiger partial charge is 0.396 e. The molecule has 1 N–H and O–H groups in total. The fourth-order valence-electron chi connectivity index (χ4n) is 1.37. The van der Waals surface area contributed by atoms with Crippen molar-refractivity contribution in [3.8, 4) is 0 Å². The summed E-state index contributed by atoms with van der Waals surface area (Å²) in [4.78, 5) is 0. The summed E-state index contributed by atoms with van der Waals surface area (Å²) in [6.07, 6.45) is 4.45. The summed E-state index contributed by atoms with van der Waals surface area (Å²) in [5, 5.41) is 8.74. The van der Waals surface area contributed by atoms with E-state index in [4.69, 9.17) is 12.0 Å². The summed E-state index contributed by atoms with van der Waals surface area (Å²) >= 11 is 0. The van der Waals surface area contributed by atoms with E-state index in [1.54, 1.807) is 0 Å². The van der Waals surface area contributed by atoms with Crippen LogP contribution in [-0.4, -0.2) is 11.7 Å². The standard InChI is InChI=1S/C8H14O/c1-7-2-4-8(6-9)5-3-7/h1,7-9H,2-6H2. The molecule has 0 amide bonds. The van der Waals surface area contributed by atoms with Crippen molar-refractivity contribution < 1.29 is 5.11 Å². The van der Waals surface area contributed by atoms with Crippen molar-refractivity contribution in [3.05, 3.63) is 6.92 Å². The lowest BCUT2D eigenvalue weighted by Gasteiger charge is -2.23. The molecule has 1 saturated carbocycles. The highest BCUT2D eigenvalue weighted by atomic mass is 16.3. The van der Waals surface area contributed by atoms with Crippen molar-refractivity contribution in [2.24, 2.45) is 11.8 Å². The number of hydrogen-bond donors (Lipinski definition) is 1. The normalized spacial score (nSPS) is 36.7. The van der Waals surface area contributed by atoms with Crippen LogP contribution in [0.3, 0.4) is 0 Å². The molecule has 0 unspecified atom stereocenters.